The Morgan fingerprint density at radius 3 is 2.39 bits per heavy atom. The van der Waals surface area contributed by atoms with Crippen LogP contribution in [0.5, 0.6) is 5.75 Å². The molecule has 0 N–H and O–H groups in total. The minimum atomic E-state index is -0.316. The van der Waals surface area contributed by atoms with Gasteiger partial charge in [0.1, 0.15) is 11.8 Å². The monoisotopic (exact) mass is 442 g/mol. The van der Waals surface area contributed by atoms with E-state index in [2.05, 4.69) is 46.2 Å². The second-order valence-electron chi connectivity index (χ2n) is 8.58. The molecule has 1 saturated heterocycles. The number of fused-ring (bicyclic) bond motifs is 1. The third kappa shape index (κ3) is 5.51. The number of nitriles is 1. The molecule has 6 heteroatoms. The van der Waals surface area contributed by atoms with Crippen LogP contribution in [0.25, 0.3) is 10.8 Å². The fourth-order valence-corrected chi connectivity index (χ4v) is 4.42. The highest BCUT2D eigenvalue weighted by molar-refractivity contribution is 5.83. The lowest BCUT2D eigenvalue weighted by atomic mass is 10.1. The molecule has 33 heavy (non-hydrogen) atoms. The minimum absolute atomic E-state index is 0.135. The molecule has 3 aromatic carbocycles. The second kappa shape index (κ2) is 10.5. The number of hydrogen-bond acceptors (Lipinski definition) is 5. The second-order valence-corrected chi connectivity index (χ2v) is 8.58. The van der Waals surface area contributed by atoms with E-state index in [4.69, 9.17) is 4.74 Å². The molecule has 3 aromatic rings. The molecule has 0 saturated carbocycles. The Labute approximate surface area is 195 Å². The molecular weight excluding hydrogens is 412 g/mol. The molecule has 1 aliphatic heterocycles. The van der Waals surface area contributed by atoms with E-state index in [0.717, 1.165) is 17.9 Å². The van der Waals surface area contributed by atoms with Gasteiger partial charge >= 0.3 is 0 Å². The first-order chi connectivity index (χ1) is 16.1. The highest BCUT2D eigenvalue weighted by atomic mass is 16.5. The third-order valence-corrected chi connectivity index (χ3v) is 6.26. The molecule has 0 aliphatic carbocycles. The molecule has 1 amide bonds. The number of carbonyl (C=O) groups excluding carboxylic acids is 1. The first-order valence-electron chi connectivity index (χ1n) is 11.3. The Bertz CT molecular complexity index is 1130. The van der Waals surface area contributed by atoms with Crippen LogP contribution in [0.15, 0.2) is 66.7 Å². The normalized spacial score (nSPS) is 15.4. The molecule has 6 nitrogen and oxygen atoms in total. The SMILES string of the molecule is COc1ccc(C(C#N)N2CCN(C(=O)CN(C)Cc3ccc4ccccc4c3)CC2)cc1. The van der Waals surface area contributed by atoms with Gasteiger partial charge in [0.05, 0.1) is 19.7 Å². The molecule has 0 bridgehead atoms. The zero-order chi connectivity index (χ0) is 23.2. The molecule has 0 spiro atoms. The summed E-state index contributed by atoms with van der Waals surface area (Å²) < 4.78 is 5.21. The number of nitrogens with zero attached hydrogens (tertiary/aromatic N) is 4. The van der Waals surface area contributed by atoms with Gasteiger partial charge in [0.2, 0.25) is 5.91 Å². The van der Waals surface area contributed by atoms with E-state index in [-0.39, 0.29) is 11.9 Å². The Hall–Kier alpha value is -3.40. The molecule has 1 atom stereocenters. The van der Waals surface area contributed by atoms with Gasteiger partial charge in [-0.2, -0.15) is 5.26 Å². The smallest absolute Gasteiger partial charge is 0.236 e. The molecule has 170 valence electrons. The Kier molecular flexibility index (Phi) is 7.23. The largest absolute Gasteiger partial charge is 0.497 e. The molecule has 0 aromatic heterocycles. The number of piperazine rings is 1. The standard InChI is InChI=1S/C27H30N4O2/c1-29(19-21-7-8-22-5-3-4-6-24(22)17-21)20-27(32)31-15-13-30(14-16-31)26(18-28)23-9-11-25(33-2)12-10-23/h3-12,17,26H,13-16,19-20H2,1-2H3. The Morgan fingerprint density at radius 2 is 1.73 bits per heavy atom. The van der Waals surface area contributed by atoms with Gasteiger partial charge in [-0.05, 0) is 47.1 Å². The van der Waals surface area contributed by atoms with Crippen LogP contribution in [0.4, 0.5) is 0 Å². The fourth-order valence-electron chi connectivity index (χ4n) is 4.42. The topological polar surface area (TPSA) is 59.8 Å². The van der Waals surface area contributed by atoms with Crippen molar-refractivity contribution in [1.82, 2.24) is 14.7 Å². The van der Waals surface area contributed by atoms with Crippen LogP contribution in [0, 0.1) is 11.3 Å². The molecular formula is C27H30N4O2. The lowest BCUT2D eigenvalue weighted by Crippen LogP contribution is -2.51. The van der Waals surface area contributed by atoms with E-state index in [1.54, 1.807) is 7.11 Å². The highest BCUT2D eigenvalue weighted by Crippen LogP contribution is 2.24. The minimum Gasteiger partial charge on any atom is -0.497 e. The van der Waals surface area contributed by atoms with Gasteiger partial charge in [0.15, 0.2) is 0 Å². The van der Waals surface area contributed by atoms with Crippen LogP contribution in [0.2, 0.25) is 0 Å². The quantitative estimate of drug-likeness (QED) is 0.559. The summed E-state index contributed by atoms with van der Waals surface area (Å²) in [5.41, 5.74) is 2.15. The van der Waals surface area contributed by atoms with Crippen molar-refractivity contribution in [2.24, 2.45) is 0 Å². The molecule has 1 heterocycles. The van der Waals surface area contributed by atoms with Gasteiger partial charge in [-0.25, -0.2) is 0 Å². The molecule has 1 fully saturated rings. The van der Waals surface area contributed by atoms with Crippen LogP contribution >= 0.6 is 0 Å². The highest BCUT2D eigenvalue weighted by Gasteiger charge is 2.27. The number of carbonyl (C=O) groups is 1. The molecule has 0 radical (unpaired) electrons. The number of ether oxygens (including phenoxy) is 1. The van der Waals surface area contributed by atoms with E-state index in [9.17, 15) is 10.1 Å². The molecule has 1 unspecified atom stereocenters. The van der Waals surface area contributed by atoms with Gasteiger partial charge < -0.3 is 9.64 Å². The Balaban J connectivity index is 1.29. The summed E-state index contributed by atoms with van der Waals surface area (Å²) in [7, 11) is 3.62. The zero-order valence-corrected chi connectivity index (χ0v) is 19.3. The number of amides is 1. The summed E-state index contributed by atoms with van der Waals surface area (Å²) in [4.78, 5) is 19.0. The summed E-state index contributed by atoms with van der Waals surface area (Å²) in [5, 5.41) is 12.2. The summed E-state index contributed by atoms with van der Waals surface area (Å²) in [6.07, 6.45) is 0. The van der Waals surface area contributed by atoms with Crippen molar-refractivity contribution >= 4 is 16.7 Å². The van der Waals surface area contributed by atoms with Crippen molar-refractivity contribution in [2.45, 2.75) is 12.6 Å². The average molecular weight is 443 g/mol. The summed E-state index contributed by atoms with van der Waals surface area (Å²) in [5.74, 6) is 0.912. The Morgan fingerprint density at radius 1 is 1.03 bits per heavy atom. The van der Waals surface area contributed by atoms with Crippen molar-refractivity contribution in [3.05, 3.63) is 77.9 Å². The zero-order valence-electron chi connectivity index (χ0n) is 19.3. The first kappa shape index (κ1) is 22.8. The van der Waals surface area contributed by atoms with Crippen molar-refractivity contribution in [1.29, 1.82) is 5.26 Å². The lowest BCUT2D eigenvalue weighted by molar-refractivity contribution is -0.134. The van der Waals surface area contributed by atoms with Crippen LogP contribution in [-0.4, -0.2) is 67.5 Å². The van der Waals surface area contributed by atoms with Crippen LogP contribution in [0.3, 0.4) is 0 Å². The van der Waals surface area contributed by atoms with Crippen molar-refractivity contribution in [3.63, 3.8) is 0 Å². The van der Waals surface area contributed by atoms with E-state index in [1.807, 2.05) is 48.3 Å². The fraction of sp³-hybridized carbons (Fsp3) is 0.333. The van der Waals surface area contributed by atoms with Gasteiger partial charge in [0, 0.05) is 32.7 Å². The van der Waals surface area contributed by atoms with Crippen LogP contribution < -0.4 is 4.74 Å². The van der Waals surface area contributed by atoms with Crippen LogP contribution in [-0.2, 0) is 11.3 Å². The van der Waals surface area contributed by atoms with Crippen molar-refractivity contribution in [3.8, 4) is 11.8 Å². The predicted octanol–water partition coefficient (Wildman–Crippen LogP) is 3.69. The number of hydrogen-bond donors (Lipinski definition) is 0. The maximum absolute atomic E-state index is 12.9. The number of benzene rings is 3. The summed E-state index contributed by atoms with van der Waals surface area (Å²) in [6, 6.07) is 24.5. The summed E-state index contributed by atoms with van der Waals surface area (Å²) >= 11 is 0. The maximum atomic E-state index is 12.9. The van der Waals surface area contributed by atoms with Gasteiger partial charge in [0.25, 0.3) is 0 Å². The number of rotatable bonds is 7. The number of methoxy groups -OCH3 is 1. The van der Waals surface area contributed by atoms with Gasteiger partial charge in [-0.15, -0.1) is 0 Å². The third-order valence-electron chi connectivity index (χ3n) is 6.26. The van der Waals surface area contributed by atoms with E-state index in [0.29, 0.717) is 32.7 Å². The molecule has 1 aliphatic rings. The van der Waals surface area contributed by atoms with E-state index in [1.165, 1.54) is 16.3 Å². The van der Waals surface area contributed by atoms with Gasteiger partial charge in [-0.1, -0.05) is 48.5 Å². The van der Waals surface area contributed by atoms with Crippen molar-refractivity contribution in [2.75, 3.05) is 46.9 Å². The van der Waals surface area contributed by atoms with Crippen molar-refractivity contribution < 1.29 is 9.53 Å². The van der Waals surface area contributed by atoms with Crippen LogP contribution in [0.1, 0.15) is 17.2 Å². The predicted molar refractivity (Wildman–Crippen MR) is 130 cm³/mol. The maximum Gasteiger partial charge on any atom is 0.236 e. The first-order valence-corrected chi connectivity index (χ1v) is 11.3. The molecule has 4 rings (SSSR count). The van der Waals surface area contributed by atoms with Gasteiger partial charge in [-0.3, -0.25) is 14.6 Å². The van der Waals surface area contributed by atoms with E-state index >= 15 is 0 Å². The number of likely N-dealkylation sites (N-methyl/N-ethyl adjacent to an activating group) is 1. The van der Waals surface area contributed by atoms with E-state index < -0.39 is 0 Å². The average Bonchev–Trinajstić information content (AvgIpc) is 2.85. The lowest BCUT2D eigenvalue weighted by Gasteiger charge is -2.37. The summed E-state index contributed by atoms with van der Waals surface area (Å²) in [6.45, 7) is 3.75.